The molecule has 2 heterocycles. The van der Waals surface area contributed by atoms with E-state index in [4.69, 9.17) is 4.52 Å². The van der Waals surface area contributed by atoms with Crippen LogP contribution in [-0.2, 0) is 23.2 Å². The minimum atomic E-state index is -0.301. The molecule has 4 rings (SSSR count). The standard InChI is InChI=1S/C25H25FN2O2/c1-25(2,3)19-9-4-17(5-10-19)6-13-23(29)28-15-14-22-21(16-28)24(30-27-22)18-7-11-20(26)12-8-18/h4-13H,14-16H2,1-3H3/b13-6+. The summed E-state index contributed by atoms with van der Waals surface area (Å²) >= 11 is 0. The molecule has 30 heavy (non-hydrogen) atoms. The molecular weight excluding hydrogens is 379 g/mol. The van der Waals surface area contributed by atoms with Crippen molar-refractivity contribution >= 4 is 12.0 Å². The predicted molar refractivity (Wildman–Crippen MR) is 115 cm³/mol. The average Bonchev–Trinajstić information content (AvgIpc) is 3.15. The molecule has 0 spiro atoms. The molecule has 1 aromatic heterocycles. The summed E-state index contributed by atoms with van der Waals surface area (Å²) in [5.41, 5.74) is 4.87. The lowest BCUT2D eigenvalue weighted by Gasteiger charge is -2.25. The Kier molecular flexibility index (Phi) is 5.29. The van der Waals surface area contributed by atoms with Gasteiger partial charge in [-0.05, 0) is 46.9 Å². The van der Waals surface area contributed by atoms with Crippen molar-refractivity contribution < 1.29 is 13.7 Å². The number of halogens is 1. The maximum atomic E-state index is 13.2. The molecule has 1 aliphatic rings. The van der Waals surface area contributed by atoms with Gasteiger partial charge in [-0.2, -0.15) is 0 Å². The van der Waals surface area contributed by atoms with E-state index in [1.54, 1.807) is 23.1 Å². The molecule has 1 amide bonds. The molecular formula is C25H25FN2O2. The van der Waals surface area contributed by atoms with Gasteiger partial charge in [-0.3, -0.25) is 4.79 Å². The fraction of sp³-hybridized carbons (Fsp3) is 0.280. The Morgan fingerprint density at radius 2 is 1.80 bits per heavy atom. The second-order valence-corrected chi connectivity index (χ2v) is 8.66. The maximum Gasteiger partial charge on any atom is 0.246 e. The summed E-state index contributed by atoms with van der Waals surface area (Å²) in [4.78, 5) is 14.5. The Morgan fingerprint density at radius 3 is 2.47 bits per heavy atom. The molecule has 0 saturated heterocycles. The van der Waals surface area contributed by atoms with Crippen LogP contribution in [0.25, 0.3) is 17.4 Å². The molecule has 1 aliphatic heterocycles. The number of amides is 1. The average molecular weight is 404 g/mol. The van der Waals surface area contributed by atoms with Crippen LogP contribution in [-0.4, -0.2) is 22.5 Å². The Labute approximate surface area is 176 Å². The second kappa shape index (κ2) is 7.90. The minimum absolute atomic E-state index is 0.0493. The Morgan fingerprint density at radius 1 is 1.10 bits per heavy atom. The van der Waals surface area contributed by atoms with E-state index in [1.807, 2.05) is 18.2 Å². The topological polar surface area (TPSA) is 46.3 Å². The first-order chi connectivity index (χ1) is 14.3. The fourth-order valence-electron chi connectivity index (χ4n) is 3.60. The zero-order valence-electron chi connectivity index (χ0n) is 17.5. The van der Waals surface area contributed by atoms with Gasteiger partial charge in [-0.1, -0.05) is 50.2 Å². The van der Waals surface area contributed by atoms with Gasteiger partial charge in [0.15, 0.2) is 5.76 Å². The number of carbonyl (C=O) groups is 1. The summed E-state index contributed by atoms with van der Waals surface area (Å²) in [5, 5.41) is 4.15. The maximum absolute atomic E-state index is 13.2. The van der Waals surface area contributed by atoms with Crippen molar-refractivity contribution in [2.45, 2.75) is 39.2 Å². The second-order valence-electron chi connectivity index (χ2n) is 8.66. The number of fused-ring (bicyclic) bond motifs is 1. The lowest BCUT2D eigenvalue weighted by atomic mass is 9.87. The molecule has 154 valence electrons. The molecule has 0 radical (unpaired) electrons. The molecule has 0 unspecified atom stereocenters. The van der Waals surface area contributed by atoms with Gasteiger partial charge >= 0.3 is 0 Å². The van der Waals surface area contributed by atoms with Gasteiger partial charge in [-0.25, -0.2) is 4.39 Å². The van der Waals surface area contributed by atoms with Crippen molar-refractivity contribution in [3.05, 3.63) is 82.8 Å². The number of hydrogen-bond acceptors (Lipinski definition) is 3. The van der Waals surface area contributed by atoms with E-state index in [9.17, 15) is 9.18 Å². The van der Waals surface area contributed by atoms with E-state index in [0.717, 1.165) is 22.4 Å². The Balaban J connectivity index is 1.48. The highest BCUT2D eigenvalue weighted by molar-refractivity contribution is 5.92. The van der Waals surface area contributed by atoms with Crippen LogP contribution in [0.4, 0.5) is 4.39 Å². The third-order valence-corrected chi connectivity index (χ3v) is 5.45. The molecule has 4 nitrogen and oxygen atoms in total. The Hall–Kier alpha value is -3.21. The van der Waals surface area contributed by atoms with Crippen LogP contribution >= 0.6 is 0 Å². The van der Waals surface area contributed by atoms with Crippen molar-refractivity contribution in [1.29, 1.82) is 0 Å². The van der Waals surface area contributed by atoms with Crippen molar-refractivity contribution in [3.63, 3.8) is 0 Å². The van der Waals surface area contributed by atoms with E-state index >= 15 is 0 Å². The minimum Gasteiger partial charge on any atom is -0.356 e. The number of aromatic nitrogens is 1. The van der Waals surface area contributed by atoms with Crippen LogP contribution in [0, 0.1) is 5.82 Å². The van der Waals surface area contributed by atoms with Gasteiger partial charge in [-0.15, -0.1) is 0 Å². The molecule has 0 fully saturated rings. The lowest BCUT2D eigenvalue weighted by molar-refractivity contribution is -0.126. The normalized spacial score (nSPS) is 14.2. The summed E-state index contributed by atoms with van der Waals surface area (Å²) in [6.07, 6.45) is 4.10. The SMILES string of the molecule is CC(C)(C)c1ccc(/C=C/C(=O)N2CCc3noc(-c4ccc(F)cc4)c3C2)cc1. The molecule has 5 heteroatoms. The van der Waals surface area contributed by atoms with Crippen LogP contribution < -0.4 is 0 Å². The highest BCUT2D eigenvalue weighted by Gasteiger charge is 2.26. The molecule has 0 saturated carbocycles. The highest BCUT2D eigenvalue weighted by atomic mass is 19.1. The van der Waals surface area contributed by atoms with Crippen molar-refractivity contribution in [1.82, 2.24) is 10.1 Å². The molecule has 0 atom stereocenters. The highest BCUT2D eigenvalue weighted by Crippen LogP contribution is 2.30. The summed E-state index contributed by atoms with van der Waals surface area (Å²) in [6.45, 7) is 7.55. The van der Waals surface area contributed by atoms with Crippen molar-refractivity contribution in [3.8, 4) is 11.3 Å². The van der Waals surface area contributed by atoms with Crippen molar-refractivity contribution in [2.75, 3.05) is 6.54 Å². The number of benzene rings is 2. The van der Waals surface area contributed by atoms with Gasteiger partial charge in [0.05, 0.1) is 12.2 Å². The first-order valence-electron chi connectivity index (χ1n) is 10.1. The third kappa shape index (κ3) is 4.20. The van der Waals surface area contributed by atoms with Gasteiger partial charge in [0.25, 0.3) is 0 Å². The summed E-state index contributed by atoms with van der Waals surface area (Å²) < 4.78 is 18.7. The van der Waals surface area contributed by atoms with Gasteiger partial charge < -0.3 is 9.42 Å². The van der Waals surface area contributed by atoms with Gasteiger partial charge in [0.2, 0.25) is 5.91 Å². The Bertz CT molecular complexity index is 1070. The molecule has 3 aromatic rings. The largest absolute Gasteiger partial charge is 0.356 e. The van der Waals surface area contributed by atoms with E-state index in [0.29, 0.717) is 25.3 Å². The molecule has 0 aliphatic carbocycles. The molecule has 2 aromatic carbocycles. The number of carbonyl (C=O) groups excluding carboxylic acids is 1. The lowest BCUT2D eigenvalue weighted by Crippen LogP contribution is -2.34. The number of hydrogen-bond donors (Lipinski definition) is 0. The van der Waals surface area contributed by atoms with Crippen LogP contribution in [0.5, 0.6) is 0 Å². The zero-order chi connectivity index (χ0) is 21.3. The first kappa shape index (κ1) is 20.1. The number of rotatable bonds is 3. The van der Waals surface area contributed by atoms with Gasteiger partial charge in [0, 0.05) is 30.2 Å². The van der Waals surface area contributed by atoms with Gasteiger partial charge in [0.1, 0.15) is 5.82 Å². The fourth-order valence-corrected chi connectivity index (χ4v) is 3.60. The summed E-state index contributed by atoms with van der Waals surface area (Å²) in [7, 11) is 0. The van der Waals surface area contributed by atoms with Crippen LogP contribution in [0.3, 0.4) is 0 Å². The zero-order valence-corrected chi connectivity index (χ0v) is 17.5. The third-order valence-electron chi connectivity index (χ3n) is 5.45. The van der Waals surface area contributed by atoms with E-state index in [1.165, 1.54) is 17.7 Å². The molecule has 0 bridgehead atoms. The van der Waals surface area contributed by atoms with Crippen LogP contribution in [0.2, 0.25) is 0 Å². The predicted octanol–water partition coefficient (Wildman–Crippen LogP) is 5.38. The smallest absolute Gasteiger partial charge is 0.246 e. The molecule has 0 N–H and O–H groups in total. The first-order valence-corrected chi connectivity index (χ1v) is 10.1. The quantitative estimate of drug-likeness (QED) is 0.551. The summed E-state index contributed by atoms with van der Waals surface area (Å²) in [5.74, 6) is 0.251. The van der Waals surface area contributed by atoms with Crippen LogP contribution in [0.1, 0.15) is 43.2 Å². The van der Waals surface area contributed by atoms with Crippen molar-refractivity contribution in [2.24, 2.45) is 0 Å². The van der Waals surface area contributed by atoms with E-state index in [2.05, 4.69) is 38.1 Å². The van der Waals surface area contributed by atoms with Crippen LogP contribution in [0.15, 0.2) is 59.1 Å². The van der Waals surface area contributed by atoms with E-state index in [-0.39, 0.29) is 17.1 Å². The van der Waals surface area contributed by atoms with E-state index < -0.39 is 0 Å². The number of nitrogens with zero attached hydrogens (tertiary/aromatic N) is 2. The monoisotopic (exact) mass is 404 g/mol. The summed E-state index contributed by atoms with van der Waals surface area (Å²) in [6, 6.07) is 14.4.